The highest BCUT2D eigenvalue weighted by Gasteiger charge is 2.48. The van der Waals surface area contributed by atoms with Crippen molar-refractivity contribution in [2.45, 2.75) is 116 Å². The van der Waals surface area contributed by atoms with Gasteiger partial charge in [-0.15, -0.1) is 0 Å². The lowest BCUT2D eigenvalue weighted by Crippen LogP contribution is -2.55. The number of carbonyl (C=O) groups is 3. The van der Waals surface area contributed by atoms with Crippen molar-refractivity contribution in [3.05, 3.63) is 35.9 Å². The van der Waals surface area contributed by atoms with Gasteiger partial charge in [-0.2, -0.15) is 0 Å². The fraction of sp³-hybridized carbons (Fsp3) is 0.690. The first-order chi connectivity index (χ1) is 17.0. The molecule has 7 nitrogen and oxygen atoms in total. The van der Waals surface area contributed by atoms with E-state index >= 15 is 0 Å². The van der Waals surface area contributed by atoms with E-state index in [1.165, 1.54) is 6.42 Å². The Hall–Kier alpha value is -2.57. The van der Waals surface area contributed by atoms with Crippen molar-refractivity contribution in [1.82, 2.24) is 15.5 Å². The van der Waals surface area contributed by atoms with E-state index in [1.807, 2.05) is 44.2 Å². The summed E-state index contributed by atoms with van der Waals surface area (Å²) >= 11 is 0. The summed E-state index contributed by atoms with van der Waals surface area (Å²) in [5, 5.41) is 6.08. The highest BCUT2D eigenvalue weighted by atomic mass is 16.6. The number of nitrogens with one attached hydrogen (secondary N) is 2. The number of carbonyl (C=O) groups excluding carboxylic acids is 3. The second-order valence-corrected chi connectivity index (χ2v) is 12.0. The first kappa shape index (κ1) is 28.0. The van der Waals surface area contributed by atoms with Gasteiger partial charge in [0.15, 0.2) is 0 Å². The fourth-order valence-electron chi connectivity index (χ4n) is 5.10. The van der Waals surface area contributed by atoms with Gasteiger partial charge in [-0.3, -0.25) is 9.59 Å². The van der Waals surface area contributed by atoms with Crippen LogP contribution in [0.15, 0.2) is 30.3 Å². The Morgan fingerprint density at radius 3 is 2.19 bits per heavy atom. The predicted octanol–water partition coefficient (Wildman–Crippen LogP) is 5.35. The molecule has 7 heteroatoms. The second kappa shape index (κ2) is 12.1. The third-order valence-corrected chi connectivity index (χ3v) is 6.97. The van der Waals surface area contributed by atoms with E-state index in [1.54, 1.807) is 25.7 Å². The molecule has 0 saturated heterocycles. The van der Waals surface area contributed by atoms with Crippen molar-refractivity contribution in [3.8, 4) is 0 Å². The van der Waals surface area contributed by atoms with Gasteiger partial charge in [-0.25, -0.2) is 4.79 Å². The summed E-state index contributed by atoms with van der Waals surface area (Å²) in [6, 6.07) is 8.12. The van der Waals surface area contributed by atoms with Crippen LogP contribution in [0.3, 0.4) is 0 Å². The van der Waals surface area contributed by atoms with Gasteiger partial charge >= 0.3 is 6.09 Å². The Bertz CT molecular complexity index is 890. The van der Waals surface area contributed by atoms with Crippen molar-refractivity contribution >= 4 is 17.9 Å². The third kappa shape index (κ3) is 7.97. The predicted molar refractivity (Wildman–Crippen MR) is 141 cm³/mol. The van der Waals surface area contributed by atoms with Crippen LogP contribution < -0.4 is 10.6 Å². The molecule has 2 saturated carbocycles. The van der Waals surface area contributed by atoms with E-state index in [2.05, 4.69) is 17.6 Å². The van der Waals surface area contributed by atoms with Gasteiger partial charge in [0, 0.05) is 12.1 Å². The van der Waals surface area contributed by atoms with Crippen molar-refractivity contribution < 1.29 is 19.1 Å². The average molecular weight is 500 g/mol. The number of alkyl carbamates (subject to hydrolysis) is 1. The van der Waals surface area contributed by atoms with E-state index in [9.17, 15) is 14.4 Å². The topological polar surface area (TPSA) is 87.7 Å². The van der Waals surface area contributed by atoms with Gasteiger partial charge in [-0.1, -0.05) is 70.4 Å². The highest BCUT2D eigenvalue weighted by molar-refractivity contribution is 5.92. The van der Waals surface area contributed by atoms with Gasteiger partial charge in [0.05, 0.1) is 0 Å². The molecule has 3 rings (SSSR count). The smallest absolute Gasteiger partial charge is 0.408 e. The molecule has 200 valence electrons. The molecule has 0 spiro atoms. The van der Waals surface area contributed by atoms with Crippen molar-refractivity contribution in [2.24, 2.45) is 11.8 Å². The van der Waals surface area contributed by atoms with Gasteiger partial charge in [0.25, 0.3) is 0 Å². The Morgan fingerprint density at radius 1 is 1.06 bits per heavy atom. The van der Waals surface area contributed by atoms with E-state index in [0.29, 0.717) is 12.3 Å². The molecule has 2 N–H and O–H groups in total. The maximum absolute atomic E-state index is 14.2. The Balaban J connectivity index is 1.93. The number of amides is 3. The SMILES string of the molecule is CC(C)CC(NC(=O)OC(C)(C)C)C(=O)N(C(C(=O)NC1CCCCC1)c1ccccc1)C1CC1C. The number of hydrogen-bond donors (Lipinski definition) is 2. The van der Waals surface area contributed by atoms with E-state index < -0.39 is 23.8 Å². The van der Waals surface area contributed by atoms with Gasteiger partial charge < -0.3 is 20.3 Å². The molecule has 0 bridgehead atoms. The zero-order valence-electron chi connectivity index (χ0n) is 22.9. The van der Waals surface area contributed by atoms with Gasteiger partial charge in [0.1, 0.15) is 17.7 Å². The zero-order valence-corrected chi connectivity index (χ0v) is 22.9. The van der Waals surface area contributed by atoms with E-state index in [4.69, 9.17) is 4.74 Å². The molecular weight excluding hydrogens is 454 g/mol. The maximum atomic E-state index is 14.2. The molecule has 0 aromatic heterocycles. The standard InChI is InChI=1S/C29H45N3O4/c1-19(2)17-23(31-28(35)36-29(4,5)6)27(34)32(24-18-20(24)3)25(21-13-9-7-10-14-21)26(33)30-22-15-11-8-12-16-22/h7,9-10,13-14,19-20,22-25H,8,11-12,15-18H2,1-6H3,(H,30,33)(H,31,35). The average Bonchev–Trinajstić information content (AvgIpc) is 3.51. The summed E-state index contributed by atoms with van der Waals surface area (Å²) in [7, 11) is 0. The molecule has 4 unspecified atom stereocenters. The monoisotopic (exact) mass is 499 g/mol. The van der Waals surface area contributed by atoms with Crippen LogP contribution in [0, 0.1) is 11.8 Å². The number of nitrogens with zero attached hydrogens (tertiary/aromatic N) is 1. The highest BCUT2D eigenvalue weighted by Crippen LogP contribution is 2.41. The first-order valence-electron chi connectivity index (χ1n) is 13.6. The molecule has 3 amide bonds. The number of ether oxygens (including phenoxy) is 1. The Kier molecular flexibility index (Phi) is 9.42. The van der Waals surface area contributed by atoms with Crippen molar-refractivity contribution in [2.75, 3.05) is 0 Å². The molecule has 2 fully saturated rings. The number of hydrogen-bond acceptors (Lipinski definition) is 4. The van der Waals surface area contributed by atoms with Crippen molar-refractivity contribution in [1.29, 1.82) is 0 Å². The van der Waals surface area contributed by atoms with Gasteiger partial charge in [-0.05, 0) is 63.9 Å². The quantitative estimate of drug-likeness (QED) is 0.479. The van der Waals surface area contributed by atoms with Crippen LogP contribution in [-0.2, 0) is 14.3 Å². The van der Waals surface area contributed by atoms with Crippen LogP contribution in [-0.4, -0.2) is 46.5 Å². The zero-order chi connectivity index (χ0) is 26.5. The molecule has 1 aromatic carbocycles. The molecule has 0 heterocycles. The summed E-state index contributed by atoms with van der Waals surface area (Å²) < 4.78 is 5.47. The maximum Gasteiger partial charge on any atom is 0.408 e. The molecule has 36 heavy (non-hydrogen) atoms. The minimum atomic E-state index is -0.777. The van der Waals surface area contributed by atoms with Crippen LogP contribution in [0.25, 0.3) is 0 Å². The van der Waals surface area contributed by atoms with Crippen LogP contribution >= 0.6 is 0 Å². The fourth-order valence-corrected chi connectivity index (χ4v) is 5.10. The van der Waals surface area contributed by atoms with Crippen LogP contribution in [0.5, 0.6) is 0 Å². The Labute approximate surface area is 216 Å². The second-order valence-electron chi connectivity index (χ2n) is 12.0. The summed E-state index contributed by atoms with van der Waals surface area (Å²) in [4.78, 5) is 42.5. The van der Waals surface area contributed by atoms with Crippen LogP contribution in [0.1, 0.15) is 98.1 Å². The molecule has 0 aliphatic heterocycles. The van der Waals surface area contributed by atoms with E-state index in [0.717, 1.165) is 37.7 Å². The molecule has 4 atom stereocenters. The lowest BCUT2D eigenvalue weighted by atomic mass is 9.94. The summed E-state index contributed by atoms with van der Waals surface area (Å²) in [5.41, 5.74) is 0.117. The van der Waals surface area contributed by atoms with Crippen LogP contribution in [0.4, 0.5) is 4.79 Å². The summed E-state index contributed by atoms with van der Waals surface area (Å²) in [6.45, 7) is 11.5. The lowest BCUT2D eigenvalue weighted by Gasteiger charge is -2.36. The molecule has 2 aliphatic rings. The molecule has 0 radical (unpaired) electrons. The van der Waals surface area contributed by atoms with E-state index in [-0.39, 0.29) is 29.8 Å². The normalized spacial score (nSPS) is 21.9. The minimum absolute atomic E-state index is 0.0464. The lowest BCUT2D eigenvalue weighted by molar-refractivity contribution is -0.144. The number of rotatable bonds is 9. The third-order valence-electron chi connectivity index (χ3n) is 6.97. The Morgan fingerprint density at radius 2 is 1.67 bits per heavy atom. The molecular formula is C29H45N3O4. The summed E-state index contributed by atoms with van der Waals surface area (Å²) in [6.07, 6.45) is 6.04. The van der Waals surface area contributed by atoms with Gasteiger partial charge in [0.2, 0.25) is 11.8 Å². The minimum Gasteiger partial charge on any atom is -0.444 e. The summed E-state index contributed by atoms with van der Waals surface area (Å²) in [5.74, 6) is 0.0974. The molecule has 1 aromatic rings. The van der Waals surface area contributed by atoms with Crippen molar-refractivity contribution in [3.63, 3.8) is 0 Å². The number of benzene rings is 1. The van der Waals surface area contributed by atoms with Crippen LogP contribution in [0.2, 0.25) is 0 Å². The largest absolute Gasteiger partial charge is 0.444 e. The first-order valence-corrected chi connectivity index (χ1v) is 13.6. The molecule has 2 aliphatic carbocycles.